The number of nitrogens with two attached hydrogens (primary N) is 3. The van der Waals surface area contributed by atoms with E-state index in [-0.39, 0.29) is 19.4 Å². The van der Waals surface area contributed by atoms with Gasteiger partial charge in [0.05, 0.1) is 12.5 Å². The van der Waals surface area contributed by atoms with Crippen LogP contribution in [0.4, 0.5) is 0 Å². The minimum Gasteiger partial charge on any atom is -0.480 e. The average Bonchev–Trinajstić information content (AvgIpc) is 3.25. The fourth-order valence-electron chi connectivity index (χ4n) is 3.58. The van der Waals surface area contributed by atoms with Crippen molar-refractivity contribution in [3.8, 4) is 0 Å². The Kier molecular flexibility index (Phi) is 12.8. The summed E-state index contributed by atoms with van der Waals surface area (Å²) in [5, 5.41) is 14.5. The van der Waals surface area contributed by atoms with Gasteiger partial charge < -0.3 is 37.8 Å². The number of carboxylic acid groups (broad SMARTS) is 1. The summed E-state index contributed by atoms with van der Waals surface area (Å²) in [6.07, 6.45) is 4.01. The molecule has 0 spiro atoms. The Morgan fingerprint density at radius 2 is 1.76 bits per heavy atom. The number of nitrogens with zero attached hydrogens (tertiary/aromatic N) is 1. The molecule has 1 fully saturated rings. The third-order valence-electron chi connectivity index (χ3n) is 5.39. The molecule has 4 atom stereocenters. The quantitative estimate of drug-likeness (QED) is 0.142. The molecule has 1 aliphatic heterocycles. The Balaban J connectivity index is 2.96. The lowest BCUT2D eigenvalue weighted by molar-refractivity contribution is -0.149. The molecule has 0 aliphatic carbocycles. The van der Waals surface area contributed by atoms with Gasteiger partial charge in [-0.15, -0.1) is 0 Å². The van der Waals surface area contributed by atoms with Crippen LogP contribution >= 0.6 is 11.8 Å². The smallest absolute Gasteiger partial charge is 0.326 e. The van der Waals surface area contributed by atoms with E-state index in [1.165, 1.54) is 11.8 Å². The first-order valence-corrected chi connectivity index (χ1v) is 12.4. The van der Waals surface area contributed by atoms with Gasteiger partial charge >= 0.3 is 5.97 Å². The highest BCUT2D eigenvalue weighted by Crippen LogP contribution is 2.19. The summed E-state index contributed by atoms with van der Waals surface area (Å²) >= 11 is 1.54. The molecule has 0 saturated carbocycles. The third-order valence-corrected chi connectivity index (χ3v) is 6.03. The fraction of sp³-hybridized carbons (Fsp3) is 0.750. The molecule has 9 N–H and O–H groups in total. The summed E-state index contributed by atoms with van der Waals surface area (Å²) in [5.41, 5.74) is 16.7. The number of carboxylic acids is 1. The highest BCUT2D eigenvalue weighted by molar-refractivity contribution is 7.98. The zero-order valence-corrected chi connectivity index (χ0v) is 19.8. The van der Waals surface area contributed by atoms with E-state index in [1.807, 2.05) is 6.26 Å². The van der Waals surface area contributed by atoms with Crippen LogP contribution in [0.25, 0.3) is 0 Å². The summed E-state index contributed by atoms with van der Waals surface area (Å²) in [7, 11) is 0. The van der Waals surface area contributed by atoms with Crippen LogP contribution in [0.5, 0.6) is 0 Å². The van der Waals surface area contributed by atoms with Crippen molar-refractivity contribution in [1.82, 2.24) is 15.5 Å². The van der Waals surface area contributed by atoms with E-state index in [0.717, 1.165) is 4.90 Å². The lowest BCUT2D eigenvalue weighted by Gasteiger charge is -2.28. The van der Waals surface area contributed by atoms with Crippen molar-refractivity contribution in [2.45, 2.75) is 69.1 Å². The van der Waals surface area contributed by atoms with Crippen molar-refractivity contribution in [2.75, 3.05) is 25.1 Å². The molecular formula is C20H36N6O6S. The van der Waals surface area contributed by atoms with Gasteiger partial charge in [0.1, 0.15) is 18.1 Å². The van der Waals surface area contributed by atoms with Crippen LogP contribution in [0.15, 0.2) is 0 Å². The van der Waals surface area contributed by atoms with E-state index < -0.39 is 60.2 Å². The van der Waals surface area contributed by atoms with Crippen LogP contribution in [0, 0.1) is 0 Å². The Morgan fingerprint density at radius 3 is 2.33 bits per heavy atom. The van der Waals surface area contributed by atoms with Gasteiger partial charge in [-0.25, -0.2) is 4.79 Å². The standard InChI is InChI=1S/C20H36N6O6S/c1-33-10-7-12(22)17(28)24-13(5-2-3-8-21)18(29)25-14(11-16(23)27)19(30)26-9-4-6-15(26)20(31)32/h12-15H,2-11,21-22H2,1H3,(H2,23,27)(H,24,28)(H,25,29)(H,31,32). The Morgan fingerprint density at radius 1 is 1.09 bits per heavy atom. The van der Waals surface area contributed by atoms with Crippen LogP contribution in [0.3, 0.4) is 0 Å². The maximum Gasteiger partial charge on any atom is 0.326 e. The molecule has 12 nitrogen and oxygen atoms in total. The summed E-state index contributed by atoms with van der Waals surface area (Å²) < 4.78 is 0. The minimum absolute atomic E-state index is 0.196. The molecule has 0 aromatic rings. The predicted octanol–water partition coefficient (Wildman–Crippen LogP) is -1.88. The second-order valence-corrected chi connectivity index (χ2v) is 8.98. The zero-order chi connectivity index (χ0) is 25.0. The number of amides is 4. The van der Waals surface area contributed by atoms with Crippen LogP contribution in [0.1, 0.15) is 44.9 Å². The van der Waals surface area contributed by atoms with Gasteiger partial charge in [0.15, 0.2) is 0 Å². The number of carbonyl (C=O) groups excluding carboxylic acids is 4. The van der Waals surface area contributed by atoms with Gasteiger partial charge in [-0.05, 0) is 57.1 Å². The molecule has 0 aromatic heterocycles. The van der Waals surface area contributed by atoms with E-state index in [1.54, 1.807) is 0 Å². The largest absolute Gasteiger partial charge is 0.480 e. The maximum absolute atomic E-state index is 13.0. The van der Waals surface area contributed by atoms with Crippen molar-refractivity contribution < 1.29 is 29.1 Å². The molecule has 13 heteroatoms. The van der Waals surface area contributed by atoms with Crippen molar-refractivity contribution in [3.05, 3.63) is 0 Å². The SMILES string of the molecule is CSCCC(N)C(=O)NC(CCCCN)C(=O)NC(CC(N)=O)C(=O)N1CCCC1C(=O)O. The van der Waals surface area contributed by atoms with Gasteiger partial charge in [-0.2, -0.15) is 11.8 Å². The van der Waals surface area contributed by atoms with E-state index in [0.29, 0.717) is 38.0 Å². The van der Waals surface area contributed by atoms with Crippen LogP contribution in [-0.4, -0.2) is 88.9 Å². The third kappa shape index (κ3) is 9.56. The van der Waals surface area contributed by atoms with Gasteiger partial charge in [-0.1, -0.05) is 0 Å². The number of unbranched alkanes of at least 4 members (excludes halogenated alkanes) is 1. The summed E-state index contributed by atoms with van der Waals surface area (Å²) in [6, 6.07) is -4.17. The number of hydrogen-bond acceptors (Lipinski definition) is 8. The zero-order valence-electron chi connectivity index (χ0n) is 19.0. The fourth-order valence-corrected chi connectivity index (χ4v) is 4.07. The maximum atomic E-state index is 13.0. The first-order valence-electron chi connectivity index (χ1n) is 11.0. The van der Waals surface area contributed by atoms with Gasteiger partial charge in [0.25, 0.3) is 0 Å². The molecule has 1 rings (SSSR count). The number of carbonyl (C=O) groups is 5. The molecule has 1 aliphatic rings. The Labute approximate surface area is 197 Å². The van der Waals surface area contributed by atoms with E-state index >= 15 is 0 Å². The molecule has 33 heavy (non-hydrogen) atoms. The van der Waals surface area contributed by atoms with Crippen molar-refractivity contribution in [3.63, 3.8) is 0 Å². The highest BCUT2D eigenvalue weighted by Gasteiger charge is 2.38. The second kappa shape index (κ2) is 14.7. The van der Waals surface area contributed by atoms with Gasteiger partial charge in [0.2, 0.25) is 23.6 Å². The van der Waals surface area contributed by atoms with Gasteiger partial charge in [0, 0.05) is 6.54 Å². The first kappa shape index (κ1) is 28.7. The summed E-state index contributed by atoms with van der Waals surface area (Å²) in [4.78, 5) is 62.6. The van der Waals surface area contributed by atoms with Crippen LogP contribution in [-0.2, 0) is 24.0 Å². The molecule has 4 unspecified atom stereocenters. The molecule has 0 bridgehead atoms. The Bertz CT molecular complexity index is 709. The van der Waals surface area contributed by atoms with Crippen molar-refractivity contribution in [1.29, 1.82) is 0 Å². The van der Waals surface area contributed by atoms with Crippen LogP contribution < -0.4 is 27.8 Å². The van der Waals surface area contributed by atoms with E-state index in [4.69, 9.17) is 17.2 Å². The Hall–Kier alpha value is -2.38. The molecule has 1 saturated heterocycles. The van der Waals surface area contributed by atoms with E-state index in [9.17, 15) is 29.1 Å². The topological polar surface area (TPSA) is 211 Å². The minimum atomic E-state index is -1.34. The predicted molar refractivity (Wildman–Crippen MR) is 124 cm³/mol. The normalized spacial score (nSPS) is 18.3. The molecule has 0 aromatic carbocycles. The first-order chi connectivity index (χ1) is 15.6. The van der Waals surface area contributed by atoms with Crippen molar-refractivity contribution in [2.24, 2.45) is 17.2 Å². The number of hydrogen-bond donors (Lipinski definition) is 6. The molecule has 1 heterocycles. The molecule has 188 valence electrons. The van der Waals surface area contributed by atoms with Gasteiger partial charge in [-0.3, -0.25) is 19.2 Å². The number of primary amides is 1. The number of likely N-dealkylation sites (tertiary alicyclic amines) is 1. The molecular weight excluding hydrogens is 452 g/mol. The number of aliphatic carboxylic acids is 1. The number of rotatable bonds is 15. The lowest BCUT2D eigenvalue weighted by atomic mass is 10.1. The summed E-state index contributed by atoms with van der Waals surface area (Å²) in [5.74, 6) is -3.19. The monoisotopic (exact) mass is 488 g/mol. The van der Waals surface area contributed by atoms with Crippen molar-refractivity contribution >= 4 is 41.4 Å². The number of thioether (sulfide) groups is 1. The highest BCUT2D eigenvalue weighted by atomic mass is 32.2. The summed E-state index contributed by atoms with van der Waals surface area (Å²) in [6.45, 7) is 0.603. The molecule has 0 radical (unpaired) electrons. The molecule has 4 amide bonds. The second-order valence-electron chi connectivity index (χ2n) is 7.99. The average molecular weight is 489 g/mol. The van der Waals surface area contributed by atoms with E-state index in [2.05, 4.69) is 10.6 Å². The lowest BCUT2D eigenvalue weighted by Crippen LogP contribution is -2.57. The number of nitrogens with one attached hydrogen (secondary N) is 2. The van der Waals surface area contributed by atoms with Crippen LogP contribution in [0.2, 0.25) is 0 Å².